The summed E-state index contributed by atoms with van der Waals surface area (Å²) in [6.45, 7) is 1.61. The topological polar surface area (TPSA) is 281 Å². The maximum atomic E-state index is 13.7. The number of ether oxygens (including phenoxy) is 1. The largest absolute Gasteiger partial charge is 0.393 e. The zero-order chi connectivity index (χ0) is 33.2. The van der Waals surface area contributed by atoms with Crippen molar-refractivity contribution < 1.29 is 78.2 Å². The average Bonchev–Trinajstić information content (AvgIpc) is 2.82. The number of carbonyl (C=O) groups is 10. The van der Waals surface area contributed by atoms with Gasteiger partial charge in [-0.25, -0.2) is 0 Å². The van der Waals surface area contributed by atoms with Crippen molar-refractivity contribution in [1.82, 2.24) is 0 Å². The standard InChI is InChI=1S/C26H32O16/c1-12(28)6-17(33)22(11-27)23(38,18(34)7-13(2)29)24(39,19(35)8-14(3)30)25(40,20(36)9-15(4)31)26(41,42-22)21(37)10-16(5)32/h27,38-41H,6-11H2,1-5H3/t22-,23+,24-,25+,26-/m0/s1. The summed E-state index contributed by atoms with van der Waals surface area (Å²) in [4.78, 5) is 127. The minimum Gasteiger partial charge on any atom is -0.393 e. The van der Waals surface area contributed by atoms with E-state index in [0.717, 1.165) is 27.7 Å². The maximum Gasteiger partial charge on any atom is 0.268 e. The van der Waals surface area contributed by atoms with Gasteiger partial charge in [-0.1, -0.05) is 0 Å². The normalized spacial score (nSPS) is 30.6. The summed E-state index contributed by atoms with van der Waals surface area (Å²) >= 11 is 0. The van der Waals surface area contributed by atoms with E-state index in [1.807, 2.05) is 0 Å². The van der Waals surface area contributed by atoms with Crippen LogP contribution in [0.25, 0.3) is 0 Å². The van der Waals surface area contributed by atoms with Crippen molar-refractivity contribution in [3.05, 3.63) is 0 Å². The molecule has 1 rings (SSSR count). The monoisotopic (exact) mass is 600 g/mol. The Bertz CT molecular complexity index is 1280. The number of hydrogen-bond donors (Lipinski definition) is 5. The first-order valence-corrected chi connectivity index (χ1v) is 12.3. The molecule has 5 N–H and O–H groups in total. The smallest absolute Gasteiger partial charge is 0.268 e. The van der Waals surface area contributed by atoms with Crippen LogP contribution < -0.4 is 0 Å². The van der Waals surface area contributed by atoms with E-state index in [1.54, 1.807) is 0 Å². The van der Waals surface area contributed by atoms with Crippen LogP contribution in [0, 0.1) is 0 Å². The van der Waals surface area contributed by atoms with Crippen LogP contribution in [0.4, 0.5) is 0 Å². The first kappa shape index (κ1) is 36.5. The first-order valence-electron chi connectivity index (χ1n) is 12.3. The molecule has 0 radical (unpaired) electrons. The second kappa shape index (κ2) is 12.4. The van der Waals surface area contributed by atoms with Gasteiger partial charge < -0.3 is 30.3 Å². The quantitative estimate of drug-likeness (QED) is 0.107. The second-order valence-corrected chi connectivity index (χ2v) is 10.4. The van der Waals surface area contributed by atoms with Crippen LogP contribution in [0.1, 0.15) is 66.7 Å². The van der Waals surface area contributed by atoms with E-state index in [0.29, 0.717) is 6.92 Å². The molecule has 232 valence electrons. The first-order chi connectivity index (χ1) is 19.0. The third kappa shape index (κ3) is 5.48. The number of hydrogen-bond acceptors (Lipinski definition) is 16. The molecule has 0 bridgehead atoms. The van der Waals surface area contributed by atoms with Crippen molar-refractivity contribution in [2.24, 2.45) is 0 Å². The van der Waals surface area contributed by atoms with Crippen molar-refractivity contribution in [3.63, 3.8) is 0 Å². The van der Waals surface area contributed by atoms with Crippen LogP contribution in [0.3, 0.4) is 0 Å². The van der Waals surface area contributed by atoms with Gasteiger partial charge in [-0.05, 0) is 34.6 Å². The zero-order valence-corrected chi connectivity index (χ0v) is 23.5. The number of aliphatic hydroxyl groups excluding tert-OH is 1. The van der Waals surface area contributed by atoms with Crippen LogP contribution in [0.2, 0.25) is 0 Å². The highest BCUT2D eigenvalue weighted by Gasteiger charge is 2.90. The van der Waals surface area contributed by atoms with E-state index in [-0.39, 0.29) is 0 Å². The SMILES string of the molecule is CC(=O)CC(=O)[C@@]1(O)[C@](O)(C(=O)CC(C)=O)[C@](O)(C(=O)CC(C)=O)O[C@@](CO)(C(=O)CC(C)=O)[C@]1(O)C(=O)CC(C)=O. The molecule has 16 nitrogen and oxygen atoms in total. The molecular weight excluding hydrogens is 568 g/mol. The van der Waals surface area contributed by atoms with Gasteiger partial charge in [0.2, 0.25) is 22.6 Å². The summed E-state index contributed by atoms with van der Waals surface area (Å²) < 4.78 is 5.06. The van der Waals surface area contributed by atoms with Gasteiger partial charge in [0.05, 0.1) is 38.7 Å². The van der Waals surface area contributed by atoms with Crippen molar-refractivity contribution in [2.45, 2.75) is 94.9 Å². The highest BCUT2D eigenvalue weighted by Crippen LogP contribution is 2.56. The Labute approximate surface area is 238 Å². The predicted molar refractivity (Wildman–Crippen MR) is 132 cm³/mol. The van der Waals surface area contributed by atoms with Crippen LogP contribution in [-0.4, -0.2) is 118 Å². The third-order valence-corrected chi connectivity index (χ3v) is 6.75. The van der Waals surface area contributed by atoms with E-state index < -0.39 is 125 Å². The Morgan fingerprint density at radius 3 is 1.07 bits per heavy atom. The van der Waals surface area contributed by atoms with E-state index in [9.17, 15) is 73.5 Å². The second-order valence-electron chi connectivity index (χ2n) is 10.4. The Balaban J connectivity index is 4.71. The van der Waals surface area contributed by atoms with Gasteiger partial charge in [0.25, 0.3) is 5.79 Å². The molecule has 5 atom stereocenters. The Morgan fingerprint density at radius 2 is 0.738 bits per heavy atom. The minimum atomic E-state index is -4.75. The van der Waals surface area contributed by atoms with Gasteiger partial charge in [-0.2, -0.15) is 0 Å². The van der Waals surface area contributed by atoms with Crippen molar-refractivity contribution in [1.29, 1.82) is 0 Å². The molecule has 0 saturated carbocycles. The summed E-state index contributed by atoms with van der Waals surface area (Å²) in [6.07, 6.45) is -7.58. The Morgan fingerprint density at radius 1 is 0.452 bits per heavy atom. The average molecular weight is 601 g/mol. The molecule has 0 amide bonds. The highest BCUT2D eigenvalue weighted by atomic mass is 16.7. The van der Waals surface area contributed by atoms with Crippen LogP contribution in [0.5, 0.6) is 0 Å². The molecule has 0 unspecified atom stereocenters. The molecule has 1 aliphatic rings. The lowest BCUT2D eigenvalue weighted by molar-refractivity contribution is -0.410. The maximum absolute atomic E-state index is 13.7. The molecule has 0 spiro atoms. The van der Waals surface area contributed by atoms with E-state index in [4.69, 9.17) is 4.74 Å². The molecule has 0 aromatic carbocycles. The summed E-state index contributed by atoms with van der Waals surface area (Å²) in [5, 5.41) is 58.0. The third-order valence-electron chi connectivity index (χ3n) is 6.75. The molecule has 42 heavy (non-hydrogen) atoms. The summed E-state index contributed by atoms with van der Waals surface area (Å²) in [6, 6.07) is 0. The molecule has 0 aromatic heterocycles. The number of Topliss-reactive ketones (excluding diaryl/α,β-unsaturated/α-hetero) is 10. The fraction of sp³-hybridized carbons (Fsp3) is 0.615. The number of carbonyl (C=O) groups excluding carboxylic acids is 10. The molecule has 1 fully saturated rings. The van der Waals surface area contributed by atoms with Crippen LogP contribution in [0.15, 0.2) is 0 Å². The van der Waals surface area contributed by atoms with Gasteiger partial charge in [0.15, 0.2) is 28.7 Å². The molecule has 16 heteroatoms. The molecule has 1 aliphatic heterocycles. The van der Waals surface area contributed by atoms with Crippen LogP contribution in [-0.2, 0) is 52.7 Å². The molecule has 0 aliphatic carbocycles. The predicted octanol–water partition coefficient (Wildman–Crippen LogP) is -3.63. The fourth-order valence-corrected chi connectivity index (χ4v) is 4.95. The van der Waals surface area contributed by atoms with Gasteiger partial charge >= 0.3 is 0 Å². The van der Waals surface area contributed by atoms with E-state index in [1.165, 1.54) is 0 Å². The Kier molecular flexibility index (Phi) is 10.7. The number of rotatable bonds is 16. The van der Waals surface area contributed by atoms with E-state index >= 15 is 0 Å². The lowest BCUT2D eigenvalue weighted by atomic mass is 9.51. The summed E-state index contributed by atoms with van der Waals surface area (Å²) in [5.41, 5.74) is -18.0. The lowest BCUT2D eigenvalue weighted by Crippen LogP contribution is -2.95. The highest BCUT2D eigenvalue weighted by molar-refractivity contribution is 6.21. The molecule has 1 saturated heterocycles. The Hall–Kier alpha value is -3.54. The number of aliphatic hydroxyl groups is 5. The zero-order valence-electron chi connectivity index (χ0n) is 23.5. The van der Waals surface area contributed by atoms with Crippen molar-refractivity contribution >= 4 is 57.8 Å². The van der Waals surface area contributed by atoms with Gasteiger partial charge in [-0.15, -0.1) is 0 Å². The van der Waals surface area contributed by atoms with Crippen molar-refractivity contribution in [3.8, 4) is 0 Å². The fourth-order valence-electron chi connectivity index (χ4n) is 4.95. The van der Waals surface area contributed by atoms with Gasteiger partial charge in [-0.3, -0.25) is 47.9 Å². The van der Waals surface area contributed by atoms with E-state index in [2.05, 4.69) is 0 Å². The molecular formula is C26H32O16. The van der Waals surface area contributed by atoms with Gasteiger partial charge in [0, 0.05) is 0 Å². The van der Waals surface area contributed by atoms with Crippen LogP contribution >= 0.6 is 0 Å². The number of ketones is 10. The molecule has 1 heterocycles. The molecule has 0 aromatic rings. The lowest BCUT2D eigenvalue weighted by Gasteiger charge is -2.63. The van der Waals surface area contributed by atoms with Gasteiger partial charge in [0.1, 0.15) is 28.9 Å². The minimum absolute atomic E-state index is 0.709. The van der Waals surface area contributed by atoms with Crippen molar-refractivity contribution in [2.75, 3.05) is 6.61 Å². The summed E-state index contributed by atoms with van der Waals surface area (Å²) in [5.74, 6) is -20.7. The summed E-state index contributed by atoms with van der Waals surface area (Å²) in [7, 11) is 0.